The van der Waals surface area contributed by atoms with E-state index in [1.54, 1.807) is 25.6 Å². The molecule has 0 N–H and O–H groups in total. The second-order valence-electron chi connectivity index (χ2n) is 6.71. The van der Waals surface area contributed by atoms with Crippen LogP contribution in [0.15, 0.2) is 59.4 Å². The summed E-state index contributed by atoms with van der Waals surface area (Å²) in [5, 5.41) is 4.15. The quantitative estimate of drug-likeness (QED) is 0.680. The van der Waals surface area contributed by atoms with Crippen molar-refractivity contribution >= 4 is 5.91 Å². The summed E-state index contributed by atoms with van der Waals surface area (Å²) >= 11 is 0. The molecular formula is C21H22N4O3. The van der Waals surface area contributed by atoms with Gasteiger partial charge in [-0.3, -0.25) is 14.7 Å². The van der Waals surface area contributed by atoms with Gasteiger partial charge in [-0.15, -0.1) is 0 Å². The van der Waals surface area contributed by atoms with Gasteiger partial charge in [-0.25, -0.2) is 0 Å². The number of nitrogens with zero attached hydrogens (tertiary/aromatic N) is 4. The minimum atomic E-state index is 0.0400. The highest BCUT2D eigenvalue weighted by Gasteiger charge is 2.23. The predicted molar refractivity (Wildman–Crippen MR) is 104 cm³/mol. The molecule has 0 aliphatic carbocycles. The van der Waals surface area contributed by atoms with Gasteiger partial charge in [0.05, 0.1) is 13.7 Å². The molecule has 1 fully saturated rings. The molecule has 7 heteroatoms. The van der Waals surface area contributed by atoms with Crippen LogP contribution in [0.1, 0.15) is 16.1 Å². The maximum absolute atomic E-state index is 12.7. The van der Waals surface area contributed by atoms with Crippen LogP contribution in [0.25, 0.3) is 11.3 Å². The number of aromatic nitrogens is 2. The average Bonchev–Trinajstić information content (AvgIpc) is 3.23. The highest BCUT2D eigenvalue weighted by Crippen LogP contribution is 2.20. The number of rotatable bonds is 5. The molecule has 0 bridgehead atoms. The molecule has 3 aromatic rings. The first-order chi connectivity index (χ1) is 13.7. The normalized spacial score (nSPS) is 14.8. The third-order valence-corrected chi connectivity index (χ3v) is 4.89. The van der Waals surface area contributed by atoms with Gasteiger partial charge < -0.3 is 14.2 Å². The summed E-state index contributed by atoms with van der Waals surface area (Å²) in [5.41, 5.74) is 2.45. The van der Waals surface area contributed by atoms with Gasteiger partial charge in [0.1, 0.15) is 11.4 Å². The highest BCUT2D eigenvalue weighted by molar-refractivity contribution is 5.94. The molecule has 0 unspecified atom stereocenters. The van der Waals surface area contributed by atoms with E-state index in [9.17, 15) is 4.79 Å². The van der Waals surface area contributed by atoms with Gasteiger partial charge in [-0.1, -0.05) is 11.2 Å². The molecule has 1 saturated heterocycles. The first-order valence-electron chi connectivity index (χ1n) is 9.24. The zero-order valence-electron chi connectivity index (χ0n) is 15.7. The van der Waals surface area contributed by atoms with Crippen LogP contribution in [0.3, 0.4) is 0 Å². The number of amides is 1. The van der Waals surface area contributed by atoms with E-state index in [0.29, 0.717) is 30.9 Å². The van der Waals surface area contributed by atoms with Crippen LogP contribution in [0.2, 0.25) is 0 Å². The largest absolute Gasteiger partial charge is 0.497 e. The molecule has 0 atom stereocenters. The van der Waals surface area contributed by atoms with Crippen LogP contribution in [0, 0.1) is 0 Å². The van der Waals surface area contributed by atoms with Gasteiger partial charge in [0.15, 0.2) is 5.76 Å². The molecule has 28 heavy (non-hydrogen) atoms. The lowest BCUT2D eigenvalue weighted by molar-refractivity contribution is 0.0617. The van der Waals surface area contributed by atoms with Crippen LogP contribution < -0.4 is 4.74 Å². The molecular weight excluding hydrogens is 356 g/mol. The third-order valence-electron chi connectivity index (χ3n) is 4.89. The van der Waals surface area contributed by atoms with E-state index in [0.717, 1.165) is 30.1 Å². The molecule has 2 aromatic heterocycles. The monoisotopic (exact) mass is 378 g/mol. The number of hydrogen-bond donors (Lipinski definition) is 0. The molecule has 0 saturated carbocycles. The average molecular weight is 378 g/mol. The minimum Gasteiger partial charge on any atom is -0.497 e. The van der Waals surface area contributed by atoms with Gasteiger partial charge in [-0.2, -0.15) is 0 Å². The Balaban J connectivity index is 1.33. The zero-order valence-corrected chi connectivity index (χ0v) is 15.7. The van der Waals surface area contributed by atoms with Crippen molar-refractivity contribution in [2.45, 2.75) is 6.54 Å². The van der Waals surface area contributed by atoms with Gasteiger partial charge in [-0.05, 0) is 30.3 Å². The molecule has 1 amide bonds. The fraction of sp³-hybridized carbons (Fsp3) is 0.286. The van der Waals surface area contributed by atoms with Gasteiger partial charge in [0, 0.05) is 55.8 Å². The van der Waals surface area contributed by atoms with Crippen molar-refractivity contribution < 1.29 is 14.1 Å². The first-order valence-corrected chi connectivity index (χ1v) is 9.24. The Hall–Kier alpha value is -3.19. The fourth-order valence-corrected chi connectivity index (χ4v) is 3.31. The lowest BCUT2D eigenvalue weighted by Crippen LogP contribution is -2.48. The fourth-order valence-electron chi connectivity index (χ4n) is 3.31. The van der Waals surface area contributed by atoms with Crippen molar-refractivity contribution in [2.75, 3.05) is 33.3 Å². The van der Waals surface area contributed by atoms with E-state index in [2.05, 4.69) is 15.0 Å². The molecule has 0 radical (unpaired) electrons. The number of pyridine rings is 1. The maximum Gasteiger partial charge on any atom is 0.254 e. The Kier molecular flexibility index (Phi) is 5.34. The van der Waals surface area contributed by atoms with E-state index < -0.39 is 0 Å². The molecule has 0 spiro atoms. The zero-order chi connectivity index (χ0) is 19.3. The van der Waals surface area contributed by atoms with Crippen molar-refractivity contribution in [3.05, 3.63) is 66.2 Å². The highest BCUT2D eigenvalue weighted by atomic mass is 16.5. The number of benzene rings is 1. The number of carbonyl (C=O) groups is 1. The Morgan fingerprint density at radius 3 is 2.64 bits per heavy atom. The second-order valence-corrected chi connectivity index (χ2v) is 6.71. The Bertz CT molecular complexity index is 934. The minimum absolute atomic E-state index is 0.0400. The van der Waals surface area contributed by atoms with Crippen LogP contribution in [0.4, 0.5) is 0 Å². The van der Waals surface area contributed by atoms with Crippen molar-refractivity contribution in [1.82, 2.24) is 19.9 Å². The number of ether oxygens (including phenoxy) is 1. The van der Waals surface area contributed by atoms with Crippen LogP contribution >= 0.6 is 0 Å². The molecule has 1 aromatic carbocycles. The summed E-state index contributed by atoms with van der Waals surface area (Å²) in [5.74, 6) is 1.55. The van der Waals surface area contributed by atoms with E-state index in [1.807, 2.05) is 41.3 Å². The van der Waals surface area contributed by atoms with Gasteiger partial charge in [0.25, 0.3) is 5.91 Å². The summed E-state index contributed by atoms with van der Waals surface area (Å²) in [7, 11) is 1.60. The molecule has 144 valence electrons. The third kappa shape index (κ3) is 4.04. The van der Waals surface area contributed by atoms with E-state index >= 15 is 0 Å². The lowest BCUT2D eigenvalue weighted by Gasteiger charge is -2.34. The second kappa shape index (κ2) is 8.22. The van der Waals surface area contributed by atoms with Gasteiger partial charge in [0.2, 0.25) is 0 Å². The van der Waals surface area contributed by atoms with Crippen LogP contribution in [-0.4, -0.2) is 59.1 Å². The summed E-state index contributed by atoms with van der Waals surface area (Å²) in [4.78, 5) is 20.9. The van der Waals surface area contributed by atoms with E-state index in [1.165, 1.54) is 0 Å². The van der Waals surface area contributed by atoms with Crippen molar-refractivity contribution in [3.8, 4) is 17.0 Å². The predicted octanol–water partition coefficient (Wildman–Crippen LogP) is 2.70. The SMILES string of the molecule is COc1cccc(C(=O)N2CCN(Cc3cc(-c4ccncc4)no3)CC2)c1. The first kappa shape index (κ1) is 18.2. The molecule has 1 aliphatic heterocycles. The van der Waals surface area contributed by atoms with Crippen molar-refractivity contribution in [3.63, 3.8) is 0 Å². The Morgan fingerprint density at radius 1 is 1.11 bits per heavy atom. The standard InChI is InChI=1S/C21H22N4O3/c1-27-18-4-2-3-17(13-18)21(26)25-11-9-24(10-12-25)15-19-14-20(23-28-19)16-5-7-22-8-6-16/h2-8,13-14H,9-12,15H2,1H3. The molecule has 1 aliphatic rings. The van der Waals surface area contributed by atoms with E-state index in [-0.39, 0.29) is 5.91 Å². The summed E-state index contributed by atoms with van der Waals surface area (Å²) in [6.07, 6.45) is 3.48. The Labute approximate surface area is 163 Å². The molecule has 4 rings (SSSR count). The number of piperazine rings is 1. The molecule has 3 heterocycles. The number of carbonyl (C=O) groups excluding carboxylic acids is 1. The molecule has 7 nitrogen and oxygen atoms in total. The smallest absolute Gasteiger partial charge is 0.254 e. The summed E-state index contributed by atoms with van der Waals surface area (Å²) in [6, 6.07) is 13.1. The van der Waals surface area contributed by atoms with Crippen molar-refractivity contribution in [2.24, 2.45) is 0 Å². The maximum atomic E-state index is 12.7. The lowest BCUT2D eigenvalue weighted by atomic mass is 10.1. The number of hydrogen-bond acceptors (Lipinski definition) is 6. The Morgan fingerprint density at radius 2 is 1.89 bits per heavy atom. The van der Waals surface area contributed by atoms with Crippen LogP contribution in [-0.2, 0) is 6.54 Å². The van der Waals surface area contributed by atoms with Crippen molar-refractivity contribution in [1.29, 1.82) is 0 Å². The summed E-state index contributed by atoms with van der Waals surface area (Å²) < 4.78 is 10.7. The summed E-state index contributed by atoms with van der Waals surface area (Å²) in [6.45, 7) is 3.63. The topological polar surface area (TPSA) is 71.7 Å². The van der Waals surface area contributed by atoms with Gasteiger partial charge >= 0.3 is 0 Å². The number of methoxy groups -OCH3 is 1. The van der Waals surface area contributed by atoms with E-state index in [4.69, 9.17) is 9.26 Å². The van der Waals surface area contributed by atoms with Crippen LogP contribution in [0.5, 0.6) is 5.75 Å².